The smallest absolute Gasteiger partial charge is 0.414 e. The lowest BCUT2D eigenvalue weighted by Gasteiger charge is -2.14. The number of carbonyl (C=O) groups excluding carboxylic acids is 2. The van der Waals surface area contributed by atoms with Crippen molar-refractivity contribution in [3.8, 4) is 11.1 Å². The number of nitrogens with one attached hydrogen (secondary N) is 3. The summed E-state index contributed by atoms with van der Waals surface area (Å²) in [6.07, 6.45) is 1.17. The van der Waals surface area contributed by atoms with Crippen LogP contribution in [0.15, 0.2) is 48.7 Å². The molecule has 2 heterocycles. The van der Waals surface area contributed by atoms with Crippen molar-refractivity contribution in [2.45, 2.75) is 19.2 Å². The number of hydrogen-bond donors (Lipinski definition) is 3. The van der Waals surface area contributed by atoms with Crippen LogP contribution in [0.1, 0.15) is 11.3 Å². The molecule has 2 aromatic carbocycles. The summed E-state index contributed by atoms with van der Waals surface area (Å²) in [7, 11) is 0. The average molecular weight is 424 g/mol. The van der Waals surface area contributed by atoms with Gasteiger partial charge in [0.2, 0.25) is 6.41 Å². The van der Waals surface area contributed by atoms with E-state index in [9.17, 15) is 14.0 Å². The molecule has 1 aliphatic rings. The van der Waals surface area contributed by atoms with Crippen LogP contribution in [0.4, 0.5) is 14.9 Å². The van der Waals surface area contributed by atoms with Gasteiger partial charge in [-0.25, -0.2) is 9.18 Å². The molecule has 1 atom stereocenters. The van der Waals surface area contributed by atoms with Gasteiger partial charge in [0.1, 0.15) is 11.9 Å². The monoisotopic (exact) mass is 424 g/mol. The van der Waals surface area contributed by atoms with E-state index in [1.165, 1.54) is 11.0 Å². The third kappa shape index (κ3) is 4.86. The van der Waals surface area contributed by atoms with Crippen LogP contribution in [-0.4, -0.2) is 47.1 Å². The van der Waals surface area contributed by atoms with Gasteiger partial charge in [-0.15, -0.1) is 0 Å². The Hall–Kier alpha value is -3.79. The first-order valence-corrected chi connectivity index (χ1v) is 9.73. The molecule has 1 fully saturated rings. The molecular weight excluding hydrogens is 403 g/mol. The predicted molar refractivity (Wildman–Crippen MR) is 110 cm³/mol. The second kappa shape index (κ2) is 9.35. The molecule has 2 amide bonds. The molecule has 9 nitrogen and oxygen atoms in total. The van der Waals surface area contributed by atoms with Gasteiger partial charge in [0.05, 0.1) is 30.7 Å². The van der Waals surface area contributed by atoms with E-state index in [-0.39, 0.29) is 13.1 Å². The summed E-state index contributed by atoms with van der Waals surface area (Å²) in [5.41, 5.74) is 3.47. The van der Waals surface area contributed by atoms with E-state index in [4.69, 9.17) is 4.74 Å². The number of nitrogens with zero attached hydrogens (tertiary/aromatic N) is 3. The maximum Gasteiger partial charge on any atom is 0.414 e. The molecule has 3 N–H and O–H groups in total. The normalized spacial score (nSPS) is 15.7. The maximum absolute atomic E-state index is 14.8. The Bertz CT molecular complexity index is 1040. The van der Waals surface area contributed by atoms with Crippen molar-refractivity contribution in [1.29, 1.82) is 0 Å². The van der Waals surface area contributed by atoms with Crippen molar-refractivity contribution < 1.29 is 18.7 Å². The number of aromatic nitrogens is 3. The van der Waals surface area contributed by atoms with Crippen LogP contribution < -0.4 is 15.5 Å². The minimum absolute atomic E-state index is 0.214. The van der Waals surface area contributed by atoms with E-state index >= 15 is 0 Å². The zero-order chi connectivity index (χ0) is 21.6. The Labute approximate surface area is 177 Å². The summed E-state index contributed by atoms with van der Waals surface area (Å²) in [4.78, 5) is 23.8. The number of hydrogen-bond acceptors (Lipinski definition) is 6. The Morgan fingerprint density at radius 1 is 1.23 bits per heavy atom. The van der Waals surface area contributed by atoms with Gasteiger partial charge >= 0.3 is 6.09 Å². The number of H-pyrrole nitrogens is 1. The lowest BCUT2D eigenvalue weighted by Crippen LogP contribution is -2.30. The van der Waals surface area contributed by atoms with E-state index < -0.39 is 18.0 Å². The predicted octanol–water partition coefficient (Wildman–Crippen LogP) is 1.97. The van der Waals surface area contributed by atoms with E-state index in [1.54, 1.807) is 18.3 Å². The van der Waals surface area contributed by atoms with E-state index in [0.717, 1.165) is 16.8 Å². The molecule has 0 bridgehead atoms. The summed E-state index contributed by atoms with van der Waals surface area (Å²) in [5.74, 6) is -0.434. The summed E-state index contributed by atoms with van der Waals surface area (Å²) >= 11 is 0. The van der Waals surface area contributed by atoms with Gasteiger partial charge in [0, 0.05) is 18.7 Å². The number of ether oxygens (including phenoxy) is 1. The van der Waals surface area contributed by atoms with E-state index in [0.29, 0.717) is 30.8 Å². The number of anilines is 1. The molecule has 0 unspecified atom stereocenters. The Balaban J connectivity index is 1.39. The summed E-state index contributed by atoms with van der Waals surface area (Å²) in [6, 6.07) is 12.2. The molecule has 4 rings (SSSR count). The van der Waals surface area contributed by atoms with Crippen molar-refractivity contribution in [2.75, 3.05) is 18.0 Å². The van der Waals surface area contributed by atoms with Crippen LogP contribution in [0.2, 0.25) is 0 Å². The minimum atomic E-state index is -0.563. The number of carbonyl (C=O) groups is 2. The standard InChI is InChI=1S/C21H21FN6O3/c22-20-7-17(28-12-18(11-24-13-29)31-21(28)30)5-6-19(20)15-3-1-14(2-4-15)8-23-9-16-10-25-27-26-16/h1-7,10,13,18,23H,8-9,11-12H2,(H,24,29)(H,25,26,27)/t18-/m0/s1. The van der Waals surface area contributed by atoms with E-state index in [2.05, 4.69) is 26.0 Å². The van der Waals surface area contributed by atoms with Crippen LogP contribution in [0.5, 0.6) is 0 Å². The molecule has 1 aromatic heterocycles. The highest BCUT2D eigenvalue weighted by Crippen LogP contribution is 2.29. The van der Waals surface area contributed by atoms with E-state index in [1.807, 2.05) is 24.3 Å². The minimum Gasteiger partial charge on any atom is -0.442 e. The van der Waals surface area contributed by atoms with Crippen LogP contribution in [0.3, 0.4) is 0 Å². The van der Waals surface area contributed by atoms with Crippen LogP contribution in [0, 0.1) is 5.82 Å². The number of aromatic amines is 1. The third-order valence-corrected chi connectivity index (χ3v) is 4.93. The lowest BCUT2D eigenvalue weighted by atomic mass is 10.0. The van der Waals surface area contributed by atoms with Crippen molar-refractivity contribution in [2.24, 2.45) is 0 Å². The Morgan fingerprint density at radius 3 is 2.77 bits per heavy atom. The fourth-order valence-electron chi connectivity index (χ4n) is 3.37. The summed E-state index contributed by atoms with van der Waals surface area (Å²) < 4.78 is 20.0. The topological polar surface area (TPSA) is 112 Å². The third-order valence-electron chi connectivity index (χ3n) is 4.93. The Kier molecular flexibility index (Phi) is 6.18. The molecule has 3 aromatic rings. The molecule has 160 valence electrons. The molecule has 0 radical (unpaired) electrons. The molecule has 10 heteroatoms. The van der Waals surface area contributed by atoms with Crippen molar-refractivity contribution in [3.05, 3.63) is 65.7 Å². The van der Waals surface area contributed by atoms with Gasteiger partial charge in [0.15, 0.2) is 0 Å². The number of halogens is 1. The van der Waals surface area contributed by atoms with Gasteiger partial charge in [-0.2, -0.15) is 15.4 Å². The van der Waals surface area contributed by atoms with Gasteiger partial charge in [-0.3, -0.25) is 9.69 Å². The van der Waals surface area contributed by atoms with Crippen LogP contribution >= 0.6 is 0 Å². The molecule has 31 heavy (non-hydrogen) atoms. The van der Waals surface area contributed by atoms with Crippen molar-refractivity contribution in [1.82, 2.24) is 26.0 Å². The number of benzene rings is 2. The Morgan fingerprint density at radius 2 is 2.06 bits per heavy atom. The molecule has 0 spiro atoms. The quantitative estimate of drug-likeness (QED) is 0.453. The second-order valence-electron chi connectivity index (χ2n) is 7.07. The van der Waals surface area contributed by atoms with Crippen molar-refractivity contribution in [3.63, 3.8) is 0 Å². The van der Waals surface area contributed by atoms with Gasteiger partial charge in [0.25, 0.3) is 0 Å². The van der Waals surface area contributed by atoms with Crippen LogP contribution in [-0.2, 0) is 22.6 Å². The molecule has 1 aliphatic heterocycles. The first-order valence-electron chi connectivity index (χ1n) is 9.73. The highest BCUT2D eigenvalue weighted by molar-refractivity contribution is 5.90. The van der Waals surface area contributed by atoms with Gasteiger partial charge in [-0.05, 0) is 29.3 Å². The summed E-state index contributed by atoms with van der Waals surface area (Å²) in [6.45, 7) is 1.70. The largest absolute Gasteiger partial charge is 0.442 e. The number of amides is 2. The molecule has 0 aliphatic carbocycles. The van der Waals surface area contributed by atoms with Crippen LogP contribution in [0.25, 0.3) is 11.1 Å². The van der Waals surface area contributed by atoms with Crippen molar-refractivity contribution >= 4 is 18.2 Å². The number of rotatable bonds is 9. The molecular formula is C21H21FN6O3. The highest BCUT2D eigenvalue weighted by atomic mass is 19.1. The lowest BCUT2D eigenvalue weighted by molar-refractivity contribution is -0.109. The number of cyclic esters (lactones) is 1. The fourth-order valence-corrected chi connectivity index (χ4v) is 3.37. The average Bonchev–Trinajstić information content (AvgIpc) is 3.42. The first-order chi connectivity index (χ1) is 15.1. The first kappa shape index (κ1) is 20.5. The van der Waals surface area contributed by atoms with Gasteiger partial charge < -0.3 is 15.4 Å². The van der Waals surface area contributed by atoms with Gasteiger partial charge in [-0.1, -0.05) is 24.3 Å². The molecule has 1 saturated heterocycles. The zero-order valence-corrected chi connectivity index (χ0v) is 16.5. The SMILES string of the molecule is O=CNC[C@H]1CN(c2ccc(-c3ccc(CNCc4cn[nH]n4)cc3)c(F)c2)C(=O)O1. The summed E-state index contributed by atoms with van der Waals surface area (Å²) in [5, 5.41) is 16.0. The maximum atomic E-state index is 14.8. The zero-order valence-electron chi connectivity index (χ0n) is 16.5. The second-order valence-corrected chi connectivity index (χ2v) is 7.07. The fraction of sp³-hybridized carbons (Fsp3) is 0.238. The highest BCUT2D eigenvalue weighted by Gasteiger charge is 2.32. The molecule has 0 saturated carbocycles.